The van der Waals surface area contributed by atoms with Crippen molar-refractivity contribution in [2.45, 2.75) is 11.8 Å². The highest BCUT2D eigenvalue weighted by Crippen LogP contribution is 2.40. The Labute approximate surface area is 91.4 Å². The van der Waals surface area contributed by atoms with Crippen LogP contribution in [-0.4, -0.2) is 17.6 Å². The van der Waals surface area contributed by atoms with E-state index in [-0.39, 0.29) is 0 Å². The fraction of sp³-hybridized carbons (Fsp3) is 0.286. The van der Waals surface area contributed by atoms with Gasteiger partial charge in [-0.1, -0.05) is 0 Å². The van der Waals surface area contributed by atoms with E-state index in [0.717, 1.165) is 0 Å². The summed E-state index contributed by atoms with van der Waals surface area (Å²) < 4.78 is 119. The number of hydrogen-bond donors (Lipinski definition) is 0. The molecule has 18 heavy (non-hydrogen) atoms. The van der Waals surface area contributed by atoms with Crippen LogP contribution in [0, 0.1) is 0 Å². The van der Waals surface area contributed by atoms with Gasteiger partial charge in [-0.2, -0.15) is 43.9 Å². The van der Waals surface area contributed by atoms with Crippen LogP contribution in [0.15, 0.2) is 23.8 Å². The number of rotatable bonds is 4. The second kappa shape index (κ2) is 4.98. The summed E-state index contributed by atoms with van der Waals surface area (Å²) in [6.45, 7) is 0. The molecule has 104 valence electrons. The molecule has 0 aliphatic rings. The first-order chi connectivity index (χ1) is 7.86. The van der Waals surface area contributed by atoms with Gasteiger partial charge in [0.25, 0.3) is 5.78 Å². The lowest BCUT2D eigenvalue weighted by molar-refractivity contribution is -0.164. The maximum absolute atomic E-state index is 12.4. The molecule has 0 radical (unpaired) electrons. The van der Waals surface area contributed by atoms with Crippen LogP contribution in [0.5, 0.6) is 0 Å². The number of carbonyl (C=O) groups excluding carboxylic acids is 1. The molecule has 1 nitrogen and oxygen atoms in total. The van der Waals surface area contributed by atoms with E-state index >= 15 is 0 Å². The zero-order valence-corrected chi connectivity index (χ0v) is 7.69. The van der Waals surface area contributed by atoms with E-state index in [4.69, 9.17) is 0 Å². The van der Waals surface area contributed by atoms with Crippen LogP contribution in [0.25, 0.3) is 0 Å². The Morgan fingerprint density at radius 1 is 0.611 bits per heavy atom. The Kier molecular flexibility index (Phi) is 4.55. The van der Waals surface area contributed by atoms with Crippen molar-refractivity contribution in [3.63, 3.8) is 0 Å². The van der Waals surface area contributed by atoms with Crippen LogP contribution in [0.4, 0.5) is 43.9 Å². The standard InChI is InChI=1S/C7F10O/c8-1(3(10)11)6(14,15)5(18)7(16,17)2(9)4(12)13. The van der Waals surface area contributed by atoms with Gasteiger partial charge in [-0.25, -0.2) is 0 Å². The molecular formula is C7F10O. The molecule has 0 aliphatic heterocycles. The second-order valence-electron chi connectivity index (χ2n) is 2.63. The van der Waals surface area contributed by atoms with Crippen LogP contribution in [-0.2, 0) is 4.79 Å². The lowest BCUT2D eigenvalue weighted by Crippen LogP contribution is -2.44. The highest BCUT2D eigenvalue weighted by atomic mass is 19.3. The summed E-state index contributed by atoms with van der Waals surface area (Å²) in [5.41, 5.74) is 0. The third-order valence-corrected chi connectivity index (χ3v) is 1.45. The number of halogens is 10. The molecule has 0 saturated heterocycles. The average molecular weight is 290 g/mol. The van der Waals surface area contributed by atoms with Gasteiger partial charge in [0.2, 0.25) is 11.7 Å². The smallest absolute Gasteiger partial charge is 0.285 e. The Morgan fingerprint density at radius 3 is 1.00 bits per heavy atom. The van der Waals surface area contributed by atoms with Crippen LogP contribution in [0.1, 0.15) is 0 Å². The highest BCUT2D eigenvalue weighted by Gasteiger charge is 2.61. The Morgan fingerprint density at radius 2 is 0.833 bits per heavy atom. The fourth-order valence-corrected chi connectivity index (χ4v) is 0.634. The van der Waals surface area contributed by atoms with Gasteiger partial charge >= 0.3 is 24.0 Å². The van der Waals surface area contributed by atoms with Crippen LogP contribution in [0.3, 0.4) is 0 Å². The van der Waals surface area contributed by atoms with Gasteiger partial charge < -0.3 is 0 Å². The van der Waals surface area contributed by atoms with Crippen molar-refractivity contribution < 1.29 is 48.7 Å². The topological polar surface area (TPSA) is 17.1 Å². The molecule has 11 heteroatoms. The summed E-state index contributed by atoms with van der Waals surface area (Å²) in [4.78, 5) is 10.3. The first kappa shape index (κ1) is 16.4. The Balaban J connectivity index is 5.70. The van der Waals surface area contributed by atoms with Gasteiger partial charge in [0, 0.05) is 0 Å². The van der Waals surface area contributed by atoms with Crippen LogP contribution in [0.2, 0.25) is 0 Å². The lowest BCUT2D eigenvalue weighted by atomic mass is 10.1. The predicted molar refractivity (Wildman–Crippen MR) is 35.6 cm³/mol. The van der Waals surface area contributed by atoms with Crippen molar-refractivity contribution >= 4 is 5.78 Å². The molecule has 0 aromatic heterocycles. The van der Waals surface area contributed by atoms with Crippen molar-refractivity contribution in [3.8, 4) is 0 Å². The molecule has 0 aromatic rings. The number of hydrogen-bond acceptors (Lipinski definition) is 1. The van der Waals surface area contributed by atoms with E-state index in [9.17, 15) is 48.7 Å². The molecule has 0 aliphatic carbocycles. The Hall–Kier alpha value is -1.55. The average Bonchev–Trinajstić information content (AvgIpc) is 2.25. The summed E-state index contributed by atoms with van der Waals surface area (Å²) in [5.74, 6) is -24.1. The van der Waals surface area contributed by atoms with E-state index in [1.54, 1.807) is 0 Å². The summed E-state index contributed by atoms with van der Waals surface area (Å²) in [6.07, 6.45) is -7.65. The summed E-state index contributed by atoms with van der Waals surface area (Å²) in [7, 11) is 0. The summed E-state index contributed by atoms with van der Waals surface area (Å²) in [6, 6.07) is 0. The van der Waals surface area contributed by atoms with E-state index < -0.39 is 41.4 Å². The normalized spacial score (nSPS) is 12.1. The third kappa shape index (κ3) is 2.82. The van der Waals surface area contributed by atoms with Crippen molar-refractivity contribution in [1.29, 1.82) is 0 Å². The Bertz CT molecular complexity index is 374. The number of alkyl halides is 4. The molecular weight excluding hydrogens is 290 g/mol. The number of carbonyl (C=O) groups is 1. The van der Waals surface area contributed by atoms with E-state index in [1.165, 1.54) is 0 Å². The maximum atomic E-state index is 12.4. The maximum Gasteiger partial charge on any atom is 0.367 e. The van der Waals surface area contributed by atoms with E-state index in [0.29, 0.717) is 0 Å². The minimum Gasteiger partial charge on any atom is -0.285 e. The zero-order chi connectivity index (χ0) is 14.9. The first-order valence-corrected chi connectivity index (χ1v) is 3.59. The zero-order valence-electron chi connectivity index (χ0n) is 7.69. The third-order valence-electron chi connectivity index (χ3n) is 1.45. The molecule has 0 saturated carbocycles. The van der Waals surface area contributed by atoms with Gasteiger partial charge in [0.15, 0.2) is 0 Å². The SMILES string of the molecule is O=C(C(F)(F)C(F)=C(F)F)C(F)(F)C(F)=C(F)F. The van der Waals surface area contributed by atoms with Crippen molar-refractivity contribution in [3.05, 3.63) is 23.8 Å². The fourth-order valence-electron chi connectivity index (χ4n) is 0.634. The van der Waals surface area contributed by atoms with Gasteiger partial charge in [-0.3, -0.25) is 4.79 Å². The molecule has 0 spiro atoms. The first-order valence-electron chi connectivity index (χ1n) is 3.59. The minimum absolute atomic E-state index is 3.82. The summed E-state index contributed by atoms with van der Waals surface area (Å²) >= 11 is 0. The van der Waals surface area contributed by atoms with Crippen molar-refractivity contribution in [2.75, 3.05) is 0 Å². The molecule has 0 atom stereocenters. The molecule has 0 unspecified atom stereocenters. The molecule has 0 heterocycles. The van der Waals surface area contributed by atoms with Gasteiger partial charge in [-0.05, 0) is 0 Å². The van der Waals surface area contributed by atoms with E-state index in [1.807, 2.05) is 0 Å². The molecule has 0 aromatic carbocycles. The lowest BCUT2D eigenvalue weighted by Gasteiger charge is -2.18. The monoisotopic (exact) mass is 290 g/mol. The summed E-state index contributed by atoms with van der Waals surface area (Å²) in [5, 5.41) is 0. The number of ketones is 1. The van der Waals surface area contributed by atoms with Crippen LogP contribution < -0.4 is 0 Å². The number of Topliss-reactive ketones (excluding diaryl/α,β-unsaturated/α-hetero) is 1. The van der Waals surface area contributed by atoms with Gasteiger partial charge in [0.1, 0.15) is 0 Å². The van der Waals surface area contributed by atoms with Gasteiger partial charge in [-0.15, -0.1) is 0 Å². The largest absolute Gasteiger partial charge is 0.367 e. The van der Waals surface area contributed by atoms with Crippen molar-refractivity contribution in [2.24, 2.45) is 0 Å². The van der Waals surface area contributed by atoms with Gasteiger partial charge in [0.05, 0.1) is 0 Å². The van der Waals surface area contributed by atoms with Crippen LogP contribution >= 0.6 is 0 Å². The second-order valence-corrected chi connectivity index (χ2v) is 2.63. The number of allylic oxidation sites excluding steroid dienone is 2. The quantitative estimate of drug-likeness (QED) is 0.716. The molecule has 0 amide bonds. The molecule has 0 bridgehead atoms. The van der Waals surface area contributed by atoms with Crippen molar-refractivity contribution in [1.82, 2.24) is 0 Å². The predicted octanol–water partition coefficient (Wildman–Crippen LogP) is 3.98. The molecule has 0 rings (SSSR count). The highest BCUT2D eigenvalue weighted by molar-refractivity contribution is 5.96. The molecule has 0 N–H and O–H groups in total. The molecule has 0 fully saturated rings. The van der Waals surface area contributed by atoms with E-state index in [2.05, 4.69) is 0 Å². The minimum atomic E-state index is -6.14.